The first-order chi connectivity index (χ1) is 7.11. The van der Waals surface area contributed by atoms with E-state index < -0.39 is 0 Å². The van der Waals surface area contributed by atoms with Crippen molar-refractivity contribution in [3.05, 3.63) is 0 Å². The lowest BCUT2D eigenvalue weighted by Gasteiger charge is -2.14. The molecule has 0 aliphatic rings. The summed E-state index contributed by atoms with van der Waals surface area (Å²) in [5, 5.41) is 3.01. The molecule has 0 aromatic rings. The second-order valence-corrected chi connectivity index (χ2v) is 4.34. The third-order valence-electron chi connectivity index (χ3n) is 2.58. The number of nitrogens with zero attached hydrogens (tertiary/aromatic N) is 1. The van der Waals surface area contributed by atoms with Gasteiger partial charge in [-0.2, -0.15) is 0 Å². The van der Waals surface area contributed by atoms with E-state index in [4.69, 9.17) is 0 Å². The van der Waals surface area contributed by atoms with Crippen molar-refractivity contribution in [2.75, 3.05) is 27.2 Å². The van der Waals surface area contributed by atoms with Crippen LogP contribution in [0.1, 0.15) is 39.5 Å². The standard InChI is InChI=1S/C12H26N2O/c1-5-8-11(6-2)12(15)13-9-7-10-14(3)4/h11H,5-10H2,1-4H3,(H,13,15). The van der Waals surface area contributed by atoms with Crippen LogP contribution in [0.2, 0.25) is 0 Å². The summed E-state index contributed by atoms with van der Waals surface area (Å²) in [6, 6.07) is 0. The lowest BCUT2D eigenvalue weighted by molar-refractivity contribution is -0.125. The summed E-state index contributed by atoms with van der Waals surface area (Å²) in [5.41, 5.74) is 0. The molecule has 0 rings (SSSR count). The van der Waals surface area contributed by atoms with Crippen molar-refractivity contribution < 1.29 is 4.79 Å². The first-order valence-corrected chi connectivity index (χ1v) is 6.04. The lowest BCUT2D eigenvalue weighted by atomic mass is 10.00. The molecule has 90 valence electrons. The van der Waals surface area contributed by atoms with Crippen LogP contribution >= 0.6 is 0 Å². The minimum absolute atomic E-state index is 0.217. The van der Waals surface area contributed by atoms with Crippen LogP contribution in [0.3, 0.4) is 0 Å². The number of hydrogen-bond donors (Lipinski definition) is 1. The average Bonchev–Trinajstić information content (AvgIpc) is 2.20. The summed E-state index contributed by atoms with van der Waals surface area (Å²) in [7, 11) is 4.10. The summed E-state index contributed by atoms with van der Waals surface area (Å²) in [5.74, 6) is 0.451. The fraction of sp³-hybridized carbons (Fsp3) is 0.917. The van der Waals surface area contributed by atoms with Crippen LogP contribution in [0.15, 0.2) is 0 Å². The third-order valence-corrected chi connectivity index (χ3v) is 2.58. The Morgan fingerprint density at radius 3 is 2.47 bits per heavy atom. The highest BCUT2D eigenvalue weighted by atomic mass is 16.1. The minimum Gasteiger partial charge on any atom is -0.356 e. The molecule has 1 N–H and O–H groups in total. The zero-order valence-electron chi connectivity index (χ0n) is 10.7. The Bertz CT molecular complexity index is 169. The molecule has 3 nitrogen and oxygen atoms in total. The molecule has 0 aliphatic carbocycles. The van der Waals surface area contributed by atoms with Crippen LogP contribution in [0.25, 0.3) is 0 Å². The predicted molar refractivity (Wildman–Crippen MR) is 64.9 cm³/mol. The van der Waals surface area contributed by atoms with Gasteiger partial charge in [-0.05, 0) is 39.9 Å². The lowest BCUT2D eigenvalue weighted by Crippen LogP contribution is -2.32. The minimum atomic E-state index is 0.217. The Balaban J connectivity index is 3.62. The topological polar surface area (TPSA) is 32.3 Å². The molecule has 1 amide bonds. The van der Waals surface area contributed by atoms with Crippen LogP contribution in [-0.2, 0) is 4.79 Å². The largest absolute Gasteiger partial charge is 0.356 e. The number of carbonyl (C=O) groups excluding carboxylic acids is 1. The Kier molecular flexibility index (Phi) is 8.38. The molecule has 0 radical (unpaired) electrons. The maximum absolute atomic E-state index is 11.7. The van der Waals surface area contributed by atoms with E-state index in [1.807, 2.05) is 14.1 Å². The SMILES string of the molecule is CCCC(CC)C(=O)NCCCN(C)C. The van der Waals surface area contributed by atoms with E-state index in [2.05, 4.69) is 24.1 Å². The highest BCUT2D eigenvalue weighted by Gasteiger charge is 2.13. The van der Waals surface area contributed by atoms with Crippen LogP contribution in [0.5, 0.6) is 0 Å². The molecule has 1 atom stereocenters. The molecule has 15 heavy (non-hydrogen) atoms. The smallest absolute Gasteiger partial charge is 0.223 e. The highest BCUT2D eigenvalue weighted by molar-refractivity contribution is 5.78. The maximum Gasteiger partial charge on any atom is 0.223 e. The van der Waals surface area contributed by atoms with Crippen molar-refractivity contribution in [2.45, 2.75) is 39.5 Å². The molecule has 0 aromatic heterocycles. The summed E-state index contributed by atoms with van der Waals surface area (Å²) < 4.78 is 0. The zero-order valence-corrected chi connectivity index (χ0v) is 10.7. The average molecular weight is 214 g/mol. The van der Waals surface area contributed by atoms with Crippen molar-refractivity contribution in [2.24, 2.45) is 5.92 Å². The highest BCUT2D eigenvalue weighted by Crippen LogP contribution is 2.10. The molecule has 0 bridgehead atoms. The summed E-state index contributed by atoms with van der Waals surface area (Å²) in [6.45, 7) is 6.05. The normalized spacial score (nSPS) is 12.9. The molecule has 0 heterocycles. The third kappa shape index (κ3) is 7.37. The van der Waals surface area contributed by atoms with Gasteiger partial charge in [0, 0.05) is 12.5 Å². The molecule has 1 unspecified atom stereocenters. The summed E-state index contributed by atoms with van der Waals surface area (Å²) in [6.07, 6.45) is 4.08. The van der Waals surface area contributed by atoms with Gasteiger partial charge >= 0.3 is 0 Å². The van der Waals surface area contributed by atoms with Gasteiger partial charge in [0.25, 0.3) is 0 Å². The molecule has 0 aliphatic heterocycles. The quantitative estimate of drug-likeness (QED) is 0.626. The fourth-order valence-corrected chi connectivity index (χ4v) is 1.62. The van der Waals surface area contributed by atoms with Gasteiger partial charge in [-0.1, -0.05) is 20.3 Å². The Labute approximate surface area is 94.2 Å². The van der Waals surface area contributed by atoms with Gasteiger partial charge in [0.05, 0.1) is 0 Å². The van der Waals surface area contributed by atoms with E-state index in [0.717, 1.165) is 38.8 Å². The van der Waals surface area contributed by atoms with E-state index in [9.17, 15) is 4.79 Å². The first-order valence-electron chi connectivity index (χ1n) is 6.04. The van der Waals surface area contributed by atoms with Gasteiger partial charge in [0.1, 0.15) is 0 Å². The van der Waals surface area contributed by atoms with Crippen molar-refractivity contribution in [1.82, 2.24) is 10.2 Å². The predicted octanol–water partition coefficient (Wildman–Crippen LogP) is 1.88. The molecular weight excluding hydrogens is 188 g/mol. The Morgan fingerprint density at radius 1 is 1.33 bits per heavy atom. The van der Waals surface area contributed by atoms with Gasteiger partial charge in [0.15, 0.2) is 0 Å². The molecule has 0 saturated carbocycles. The Hall–Kier alpha value is -0.570. The van der Waals surface area contributed by atoms with Gasteiger partial charge in [-0.25, -0.2) is 0 Å². The fourth-order valence-electron chi connectivity index (χ4n) is 1.62. The molecule has 0 spiro atoms. The number of nitrogens with one attached hydrogen (secondary N) is 1. The van der Waals surface area contributed by atoms with E-state index in [-0.39, 0.29) is 11.8 Å². The number of rotatable bonds is 8. The van der Waals surface area contributed by atoms with E-state index in [1.165, 1.54) is 0 Å². The number of amides is 1. The van der Waals surface area contributed by atoms with Crippen LogP contribution in [0.4, 0.5) is 0 Å². The second kappa shape index (κ2) is 8.72. The van der Waals surface area contributed by atoms with Crippen LogP contribution < -0.4 is 5.32 Å². The van der Waals surface area contributed by atoms with Gasteiger partial charge in [-0.3, -0.25) is 4.79 Å². The van der Waals surface area contributed by atoms with Gasteiger partial charge in [0.2, 0.25) is 5.91 Å². The van der Waals surface area contributed by atoms with Crippen LogP contribution in [-0.4, -0.2) is 38.0 Å². The van der Waals surface area contributed by atoms with E-state index in [0.29, 0.717) is 0 Å². The van der Waals surface area contributed by atoms with Gasteiger partial charge < -0.3 is 10.2 Å². The summed E-state index contributed by atoms with van der Waals surface area (Å²) in [4.78, 5) is 13.8. The van der Waals surface area contributed by atoms with Gasteiger partial charge in [-0.15, -0.1) is 0 Å². The molecule has 0 fully saturated rings. The number of carbonyl (C=O) groups is 1. The molecule has 0 saturated heterocycles. The van der Waals surface area contributed by atoms with E-state index in [1.54, 1.807) is 0 Å². The van der Waals surface area contributed by atoms with Crippen molar-refractivity contribution in [3.63, 3.8) is 0 Å². The van der Waals surface area contributed by atoms with Crippen molar-refractivity contribution in [1.29, 1.82) is 0 Å². The molecular formula is C12H26N2O. The molecule has 0 aromatic carbocycles. The monoisotopic (exact) mass is 214 g/mol. The zero-order chi connectivity index (χ0) is 11.7. The van der Waals surface area contributed by atoms with Crippen molar-refractivity contribution >= 4 is 5.91 Å². The maximum atomic E-state index is 11.7. The number of hydrogen-bond acceptors (Lipinski definition) is 2. The van der Waals surface area contributed by atoms with Crippen molar-refractivity contribution in [3.8, 4) is 0 Å². The molecule has 3 heteroatoms. The first kappa shape index (κ1) is 14.4. The second-order valence-electron chi connectivity index (χ2n) is 4.34. The van der Waals surface area contributed by atoms with E-state index >= 15 is 0 Å². The van der Waals surface area contributed by atoms with Crippen LogP contribution in [0, 0.1) is 5.92 Å². The summed E-state index contributed by atoms with van der Waals surface area (Å²) >= 11 is 0. The Morgan fingerprint density at radius 2 is 2.00 bits per heavy atom.